The SMILES string of the molecule is O=C(c1cccc(CN2CCOCC2)c1)N1CCCCC1C1OCCO1. The number of hydrogen-bond donors (Lipinski definition) is 0. The van der Waals surface area contributed by atoms with Gasteiger partial charge in [-0.25, -0.2) is 0 Å². The van der Waals surface area contributed by atoms with E-state index in [2.05, 4.69) is 11.0 Å². The fourth-order valence-corrected chi connectivity index (χ4v) is 4.08. The Hall–Kier alpha value is -1.47. The molecule has 6 nitrogen and oxygen atoms in total. The fourth-order valence-electron chi connectivity index (χ4n) is 4.08. The molecule has 3 fully saturated rings. The van der Waals surface area contributed by atoms with Gasteiger partial charge in [0.05, 0.1) is 32.5 Å². The number of nitrogens with zero attached hydrogens (tertiary/aromatic N) is 2. The predicted molar refractivity (Wildman–Crippen MR) is 96.9 cm³/mol. The molecule has 0 N–H and O–H groups in total. The summed E-state index contributed by atoms with van der Waals surface area (Å²) in [5.74, 6) is 0.0950. The lowest BCUT2D eigenvalue weighted by Gasteiger charge is -2.38. The third-order valence-electron chi connectivity index (χ3n) is 5.46. The molecule has 3 aliphatic heterocycles. The molecular formula is C20H28N2O4. The van der Waals surface area contributed by atoms with Crippen LogP contribution in [0.4, 0.5) is 0 Å². The smallest absolute Gasteiger partial charge is 0.254 e. The van der Waals surface area contributed by atoms with Crippen LogP contribution >= 0.6 is 0 Å². The number of ether oxygens (including phenoxy) is 3. The van der Waals surface area contributed by atoms with Crippen molar-refractivity contribution in [2.45, 2.75) is 38.1 Å². The van der Waals surface area contributed by atoms with Crippen molar-refractivity contribution >= 4 is 5.91 Å². The zero-order valence-corrected chi connectivity index (χ0v) is 15.3. The van der Waals surface area contributed by atoms with Gasteiger partial charge in [-0.1, -0.05) is 12.1 Å². The van der Waals surface area contributed by atoms with Gasteiger partial charge in [0.25, 0.3) is 5.91 Å². The van der Waals surface area contributed by atoms with Crippen LogP contribution in [0.5, 0.6) is 0 Å². The fraction of sp³-hybridized carbons (Fsp3) is 0.650. The van der Waals surface area contributed by atoms with Crippen molar-refractivity contribution in [1.82, 2.24) is 9.80 Å². The zero-order valence-electron chi connectivity index (χ0n) is 15.3. The third-order valence-corrected chi connectivity index (χ3v) is 5.46. The van der Waals surface area contributed by atoms with Crippen molar-refractivity contribution in [3.63, 3.8) is 0 Å². The van der Waals surface area contributed by atoms with Crippen molar-refractivity contribution in [2.24, 2.45) is 0 Å². The predicted octanol–water partition coefficient (Wildman–Crippen LogP) is 1.89. The van der Waals surface area contributed by atoms with Crippen molar-refractivity contribution in [2.75, 3.05) is 46.1 Å². The summed E-state index contributed by atoms with van der Waals surface area (Å²) in [4.78, 5) is 17.5. The Morgan fingerprint density at radius 3 is 2.65 bits per heavy atom. The second-order valence-electron chi connectivity index (χ2n) is 7.26. The number of benzene rings is 1. The highest BCUT2D eigenvalue weighted by Crippen LogP contribution is 2.26. The second-order valence-corrected chi connectivity index (χ2v) is 7.26. The number of carbonyl (C=O) groups is 1. The van der Waals surface area contributed by atoms with Crippen LogP contribution < -0.4 is 0 Å². The van der Waals surface area contributed by atoms with Crippen LogP contribution in [-0.4, -0.2) is 74.1 Å². The van der Waals surface area contributed by atoms with Crippen LogP contribution in [0.3, 0.4) is 0 Å². The summed E-state index contributed by atoms with van der Waals surface area (Å²) in [6.07, 6.45) is 2.84. The minimum absolute atomic E-state index is 0.0293. The lowest BCUT2D eigenvalue weighted by atomic mass is 9.99. The molecule has 0 bridgehead atoms. The van der Waals surface area contributed by atoms with Crippen molar-refractivity contribution in [3.05, 3.63) is 35.4 Å². The molecule has 0 aromatic heterocycles. The van der Waals surface area contributed by atoms with Crippen LogP contribution in [0.1, 0.15) is 35.2 Å². The van der Waals surface area contributed by atoms with E-state index in [0.717, 1.165) is 64.2 Å². The molecule has 0 aliphatic carbocycles. The van der Waals surface area contributed by atoms with Crippen LogP contribution in [0.2, 0.25) is 0 Å². The molecule has 1 aromatic rings. The topological polar surface area (TPSA) is 51.2 Å². The monoisotopic (exact) mass is 360 g/mol. The van der Waals surface area contributed by atoms with Crippen molar-refractivity contribution in [3.8, 4) is 0 Å². The minimum atomic E-state index is -0.268. The number of likely N-dealkylation sites (tertiary alicyclic amines) is 1. The number of amides is 1. The first-order valence-corrected chi connectivity index (χ1v) is 9.74. The molecule has 1 atom stereocenters. The first-order valence-electron chi connectivity index (χ1n) is 9.74. The highest BCUT2D eigenvalue weighted by atomic mass is 16.7. The number of rotatable bonds is 4. The number of morpholine rings is 1. The molecule has 4 rings (SSSR count). The Kier molecular flexibility index (Phi) is 5.84. The lowest BCUT2D eigenvalue weighted by molar-refractivity contribution is -0.100. The summed E-state index contributed by atoms with van der Waals surface area (Å²) in [6, 6.07) is 8.09. The average Bonchev–Trinajstić information content (AvgIpc) is 3.23. The molecule has 26 heavy (non-hydrogen) atoms. The van der Waals surface area contributed by atoms with E-state index in [9.17, 15) is 4.79 Å². The van der Waals surface area contributed by atoms with Crippen molar-refractivity contribution in [1.29, 1.82) is 0 Å². The standard InChI is InChI=1S/C20H28N2O4/c23-19(22-7-2-1-6-18(22)20-25-12-13-26-20)17-5-3-4-16(14-17)15-21-8-10-24-11-9-21/h3-5,14,18,20H,1-2,6-13,15H2. The van der Waals surface area contributed by atoms with Crippen LogP contribution in [0.25, 0.3) is 0 Å². The molecule has 1 amide bonds. The molecule has 0 saturated carbocycles. The number of carbonyl (C=O) groups excluding carboxylic acids is 1. The van der Waals surface area contributed by atoms with Gasteiger partial charge in [0.1, 0.15) is 0 Å². The molecule has 3 saturated heterocycles. The molecule has 3 aliphatic rings. The van der Waals surface area contributed by atoms with Crippen LogP contribution in [0, 0.1) is 0 Å². The Balaban J connectivity index is 1.46. The first kappa shape index (κ1) is 17.9. The van der Waals surface area contributed by atoms with E-state index in [-0.39, 0.29) is 18.2 Å². The van der Waals surface area contributed by atoms with E-state index in [1.165, 1.54) is 5.56 Å². The maximum absolute atomic E-state index is 13.2. The summed E-state index contributed by atoms with van der Waals surface area (Å²) in [7, 11) is 0. The number of hydrogen-bond acceptors (Lipinski definition) is 5. The summed E-state index contributed by atoms with van der Waals surface area (Å²) in [5.41, 5.74) is 1.94. The van der Waals surface area contributed by atoms with Gasteiger partial charge in [-0.2, -0.15) is 0 Å². The summed E-state index contributed by atoms with van der Waals surface area (Å²) < 4.78 is 16.8. The normalized spacial score (nSPS) is 25.5. The maximum Gasteiger partial charge on any atom is 0.254 e. The molecule has 1 unspecified atom stereocenters. The van der Waals surface area contributed by atoms with E-state index >= 15 is 0 Å². The first-order chi connectivity index (χ1) is 12.8. The van der Waals surface area contributed by atoms with Crippen LogP contribution in [0.15, 0.2) is 24.3 Å². The molecular weight excluding hydrogens is 332 g/mol. The summed E-state index contributed by atoms with van der Waals surface area (Å²) in [5, 5.41) is 0. The van der Waals surface area contributed by atoms with Gasteiger partial charge in [0, 0.05) is 31.7 Å². The van der Waals surface area contributed by atoms with Crippen molar-refractivity contribution < 1.29 is 19.0 Å². The zero-order chi connectivity index (χ0) is 17.8. The lowest BCUT2D eigenvalue weighted by Crippen LogP contribution is -2.50. The quantitative estimate of drug-likeness (QED) is 0.821. The molecule has 0 spiro atoms. The third kappa shape index (κ3) is 4.09. The Labute approximate surface area is 155 Å². The molecule has 3 heterocycles. The van der Waals surface area contributed by atoms with Crippen LogP contribution in [-0.2, 0) is 20.8 Å². The molecule has 6 heteroatoms. The highest BCUT2D eigenvalue weighted by Gasteiger charge is 2.36. The van der Waals surface area contributed by atoms with Gasteiger partial charge in [-0.15, -0.1) is 0 Å². The Morgan fingerprint density at radius 2 is 1.85 bits per heavy atom. The summed E-state index contributed by atoms with van der Waals surface area (Å²) >= 11 is 0. The Morgan fingerprint density at radius 1 is 1.04 bits per heavy atom. The van der Waals surface area contributed by atoms with E-state index in [1.54, 1.807) is 0 Å². The summed E-state index contributed by atoms with van der Waals surface area (Å²) in [6.45, 7) is 6.36. The van der Waals surface area contributed by atoms with Gasteiger partial charge in [-0.3, -0.25) is 9.69 Å². The van der Waals surface area contributed by atoms with Gasteiger partial charge < -0.3 is 19.1 Å². The van der Waals surface area contributed by atoms with Gasteiger partial charge in [0.15, 0.2) is 6.29 Å². The van der Waals surface area contributed by atoms with E-state index in [0.29, 0.717) is 13.2 Å². The maximum atomic E-state index is 13.2. The molecule has 142 valence electrons. The highest BCUT2D eigenvalue weighted by molar-refractivity contribution is 5.94. The van der Waals surface area contributed by atoms with Gasteiger partial charge >= 0.3 is 0 Å². The minimum Gasteiger partial charge on any atom is -0.379 e. The average molecular weight is 360 g/mol. The number of piperidine rings is 1. The molecule has 0 radical (unpaired) electrons. The van der Waals surface area contributed by atoms with E-state index in [4.69, 9.17) is 14.2 Å². The van der Waals surface area contributed by atoms with Gasteiger partial charge in [0.2, 0.25) is 0 Å². The van der Waals surface area contributed by atoms with E-state index in [1.807, 2.05) is 23.1 Å². The molecule has 1 aromatic carbocycles. The van der Waals surface area contributed by atoms with Gasteiger partial charge in [-0.05, 0) is 37.0 Å². The second kappa shape index (κ2) is 8.48. The van der Waals surface area contributed by atoms with E-state index < -0.39 is 0 Å². The largest absolute Gasteiger partial charge is 0.379 e. The Bertz CT molecular complexity index is 612.